The Morgan fingerprint density at radius 3 is 2.68 bits per heavy atom. The zero-order valence-electron chi connectivity index (χ0n) is 10.7. The Hall–Kier alpha value is -2.36. The molecule has 4 heteroatoms. The first-order chi connectivity index (χ1) is 9.31. The number of esters is 1. The highest BCUT2D eigenvalue weighted by molar-refractivity contribution is 5.90. The molecule has 0 spiro atoms. The maximum absolute atomic E-state index is 11.7. The Balaban J connectivity index is 2.10. The molecule has 19 heavy (non-hydrogen) atoms. The summed E-state index contributed by atoms with van der Waals surface area (Å²) in [6, 6.07) is 13.2. The van der Waals surface area contributed by atoms with Crippen LogP contribution in [0.2, 0.25) is 0 Å². The van der Waals surface area contributed by atoms with E-state index in [1.807, 2.05) is 30.3 Å². The molecule has 0 aliphatic rings. The van der Waals surface area contributed by atoms with Crippen LogP contribution in [0.25, 0.3) is 0 Å². The summed E-state index contributed by atoms with van der Waals surface area (Å²) in [7, 11) is 0. The van der Waals surface area contributed by atoms with Gasteiger partial charge in [-0.15, -0.1) is 0 Å². The predicted molar refractivity (Wildman–Crippen MR) is 71.0 cm³/mol. The first-order valence-corrected chi connectivity index (χ1v) is 6.10. The van der Waals surface area contributed by atoms with E-state index in [1.54, 1.807) is 25.3 Å². The molecular weight excluding hydrogens is 242 g/mol. The van der Waals surface area contributed by atoms with Gasteiger partial charge in [0.1, 0.15) is 6.61 Å². The van der Waals surface area contributed by atoms with Gasteiger partial charge < -0.3 is 9.47 Å². The van der Waals surface area contributed by atoms with Gasteiger partial charge in [-0.1, -0.05) is 30.3 Å². The quantitative estimate of drug-likeness (QED) is 0.773. The number of hydrogen-bond acceptors (Lipinski definition) is 4. The lowest BCUT2D eigenvalue weighted by Gasteiger charge is -2.09. The normalized spacial score (nSPS) is 9.95. The molecule has 0 unspecified atom stereocenters. The van der Waals surface area contributed by atoms with Gasteiger partial charge in [-0.25, -0.2) is 9.78 Å². The van der Waals surface area contributed by atoms with Crippen molar-refractivity contribution in [1.82, 2.24) is 4.98 Å². The van der Waals surface area contributed by atoms with Crippen molar-refractivity contribution >= 4 is 5.97 Å². The third-order valence-corrected chi connectivity index (χ3v) is 2.48. The highest BCUT2D eigenvalue weighted by Gasteiger charge is 2.14. The maximum Gasteiger partial charge on any atom is 0.360 e. The van der Waals surface area contributed by atoms with E-state index in [9.17, 15) is 4.79 Å². The largest absolute Gasteiger partial charge is 0.486 e. The molecule has 2 rings (SSSR count). The number of rotatable bonds is 5. The highest BCUT2D eigenvalue weighted by atomic mass is 16.5. The van der Waals surface area contributed by atoms with Crippen molar-refractivity contribution < 1.29 is 14.3 Å². The summed E-state index contributed by atoms with van der Waals surface area (Å²) < 4.78 is 10.6. The standard InChI is InChI=1S/C15H15NO3/c1-2-18-15(17)14-13(9-6-10-16-14)19-11-12-7-4-3-5-8-12/h3-10H,2,11H2,1H3. The third-order valence-electron chi connectivity index (χ3n) is 2.48. The Morgan fingerprint density at radius 2 is 1.95 bits per heavy atom. The van der Waals surface area contributed by atoms with Gasteiger partial charge in [0.25, 0.3) is 0 Å². The highest BCUT2D eigenvalue weighted by Crippen LogP contribution is 2.18. The molecule has 4 nitrogen and oxygen atoms in total. The Kier molecular flexibility index (Phi) is 4.50. The Bertz CT molecular complexity index is 540. The van der Waals surface area contributed by atoms with Gasteiger partial charge in [0.15, 0.2) is 11.4 Å². The molecule has 0 fully saturated rings. The minimum absolute atomic E-state index is 0.209. The number of carbonyl (C=O) groups is 1. The van der Waals surface area contributed by atoms with Crippen molar-refractivity contribution in [3.63, 3.8) is 0 Å². The number of pyridine rings is 1. The molecule has 0 N–H and O–H groups in total. The van der Waals surface area contributed by atoms with Crippen molar-refractivity contribution in [3.8, 4) is 5.75 Å². The third kappa shape index (κ3) is 3.55. The van der Waals surface area contributed by atoms with Gasteiger partial charge in [0, 0.05) is 6.20 Å². The van der Waals surface area contributed by atoms with E-state index in [-0.39, 0.29) is 5.69 Å². The zero-order chi connectivity index (χ0) is 13.5. The van der Waals surface area contributed by atoms with Crippen LogP contribution in [0.5, 0.6) is 5.75 Å². The van der Waals surface area contributed by atoms with Crippen molar-refractivity contribution in [2.45, 2.75) is 13.5 Å². The molecule has 2 aromatic rings. The maximum atomic E-state index is 11.7. The van der Waals surface area contributed by atoms with Crippen LogP contribution in [0, 0.1) is 0 Å². The van der Waals surface area contributed by atoms with E-state index >= 15 is 0 Å². The molecule has 0 aliphatic carbocycles. The number of carbonyl (C=O) groups excluding carboxylic acids is 1. The van der Waals surface area contributed by atoms with Gasteiger partial charge in [-0.05, 0) is 24.6 Å². The Morgan fingerprint density at radius 1 is 1.16 bits per heavy atom. The molecule has 0 aliphatic heterocycles. The summed E-state index contributed by atoms with van der Waals surface area (Å²) in [6.45, 7) is 2.46. The van der Waals surface area contributed by atoms with E-state index in [1.165, 1.54) is 0 Å². The summed E-state index contributed by atoms with van der Waals surface area (Å²) in [5.74, 6) is -0.0315. The molecular formula is C15H15NO3. The number of hydrogen-bond donors (Lipinski definition) is 0. The fourth-order valence-electron chi connectivity index (χ4n) is 1.60. The fraction of sp³-hybridized carbons (Fsp3) is 0.200. The molecule has 1 aromatic carbocycles. The van der Waals surface area contributed by atoms with Crippen LogP contribution in [-0.2, 0) is 11.3 Å². The van der Waals surface area contributed by atoms with E-state index in [0.29, 0.717) is 19.0 Å². The second-order valence-corrected chi connectivity index (χ2v) is 3.84. The van der Waals surface area contributed by atoms with Crippen LogP contribution in [0.4, 0.5) is 0 Å². The molecule has 1 aromatic heterocycles. The molecule has 0 bridgehead atoms. The molecule has 0 atom stereocenters. The van der Waals surface area contributed by atoms with Gasteiger partial charge in [-0.3, -0.25) is 0 Å². The van der Waals surface area contributed by atoms with Crippen LogP contribution >= 0.6 is 0 Å². The average molecular weight is 257 g/mol. The van der Waals surface area contributed by atoms with E-state index < -0.39 is 5.97 Å². The average Bonchev–Trinajstić information content (AvgIpc) is 2.47. The molecule has 98 valence electrons. The van der Waals surface area contributed by atoms with Crippen LogP contribution in [-0.4, -0.2) is 17.6 Å². The predicted octanol–water partition coefficient (Wildman–Crippen LogP) is 2.84. The van der Waals surface area contributed by atoms with E-state index in [0.717, 1.165) is 5.56 Å². The number of benzene rings is 1. The molecule has 0 radical (unpaired) electrons. The Labute approximate surface area is 112 Å². The minimum Gasteiger partial charge on any atom is -0.486 e. The van der Waals surface area contributed by atoms with Crippen LogP contribution < -0.4 is 4.74 Å². The molecule has 0 saturated carbocycles. The molecule has 0 amide bonds. The van der Waals surface area contributed by atoms with Crippen molar-refractivity contribution in [2.75, 3.05) is 6.61 Å². The summed E-state index contributed by atoms with van der Waals surface area (Å²) in [5, 5.41) is 0. The first-order valence-electron chi connectivity index (χ1n) is 6.10. The monoisotopic (exact) mass is 257 g/mol. The SMILES string of the molecule is CCOC(=O)c1ncccc1OCc1ccccc1. The van der Waals surface area contributed by atoms with Crippen LogP contribution in [0.15, 0.2) is 48.7 Å². The van der Waals surface area contributed by atoms with Crippen LogP contribution in [0.3, 0.4) is 0 Å². The topological polar surface area (TPSA) is 48.4 Å². The van der Waals surface area contributed by atoms with Crippen molar-refractivity contribution in [1.29, 1.82) is 0 Å². The number of ether oxygens (including phenoxy) is 2. The lowest BCUT2D eigenvalue weighted by molar-refractivity contribution is 0.0514. The van der Waals surface area contributed by atoms with Gasteiger partial charge in [-0.2, -0.15) is 0 Å². The zero-order valence-corrected chi connectivity index (χ0v) is 10.7. The van der Waals surface area contributed by atoms with Crippen LogP contribution in [0.1, 0.15) is 23.0 Å². The van der Waals surface area contributed by atoms with E-state index in [4.69, 9.17) is 9.47 Å². The molecule has 0 saturated heterocycles. The lowest BCUT2D eigenvalue weighted by Crippen LogP contribution is -2.09. The lowest BCUT2D eigenvalue weighted by atomic mass is 10.2. The first kappa shape index (κ1) is 13.1. The fourth-order valence-corrected chi connectivity index (χ4v) is 1.60. The van der Waals surface area contributed by atoms with Gasteiger partial charge in [0.2, 0.25) is 0 Å². The summed E-state index contributed by atoms with van der Waals surface area (Å²) in [5.41, 5.74) is 1.24. The van der Waals surface area contributed by atoms with Gasteiger partial charge >= 0.3 is 5.97 Å². The van der Waals surface area contributed by atoms with Crippen molar-refractivity contribution in [3.05, 3.63) is 59.9 Å². The minimum atomic E-state index is -0.467. The molecule has 1 heterocycles. The summed E-state index contributed by atoms with van der Waals surface area (Å²) >= 11 is 0. The number of nitrogens with zero attached hydrogens (tertiary/aromatic N) is 1. The summed E-state index contributed by atoms with van der Waals surface area (Å²) in [6.07, 6.45) is 1.54. The second kappa shape index (κ2) is 6.54. The smallest absolute Gasteiger partial charge is 0.360 e. The van der Waals surface area contributed by atoms with E-state index in [2.05, 4.69) is 4.98 Å². The number of aromatic nitrogens is 1. The summed E-state index contributed by atoms with van der Waals surface area (Å²) in [4.78, 5) is 15.7. The van der Waals surface area contributed by atoms with Gasteiger partial charge in [0.05, 0.1) is 6.61 Å². The van der Waals surface area contributed by atoms with Crippen molar-refractivity contribution in [2.24, 2.45) is 0 Å². The second-order valence-electron chi connectivity index (χ2n) is 3.84.